The van der Waals surface area contributed by atoms with Gasteiger partial charge < -0.3 is 21.6 Å². The maximum absolute atomic E-state index is 11.1. The van der Waals surface area contributed by atoms with Gasteiger partial charge in [0.15, 0.2) is 0 Å². The zero-order valence-electron chi connectivity index (χ0n) is 11.6. The number of nitrogens with zero attached hydrogens (tertiary/aromatic N) is 1. The summed E-state index contributed by atoms with van der Waals surface area (Å²) in [5.74, 6) is -0.275. The van der Waals surface area contributed by atoms with Crippen molar-refractivity contribution in [3.8, 4) is 0 Å². The van der Waals surface area contributed by atoms with E-state index in [0.29, 0.717) is 12.2 Å². The maximum Gasteiger partial charge on any atom is 0.333 e. The Labute approximate surface area is 112 Å². The standard InChI is InChI=1S/C13H26NO2.ClH/c1-6-14(7-2,8-3)10-9-11-16-13(15)12(4)5;/h4,6-11H2,1-3,5H3;1H/q+1;/p-1. The first-order valence-electron chi connectivity index (χ1n) is 6.19. The van der Waals surface area contributed by atoms with Crippen molar-refractivity contribution in [3.63, 3.8) is 0 Å². The van der Waals surface area contributed by atoms with Crippen LogP contribution in [-0.2, 0) is 9.53 Å². The fraction of sp³-hybridized carbons (Fsp3) is 0.769. The molecule has 0 N–H and O–H groups in total. The van der Waals surface area contributed by atoms with E-state index < -0.39 is 0 Å². The predicted octanol–water partition coefficient (Wildman–Crippen LogP) is -0.624. The van der Waals surface area contributed by atoms with E-state index >= 15 is 0 Å². The van der Waals surface area contributed by atoms with Crippen LogP contribution in [0.2, 0.25) is 0 Å². The monoisotopic (exact) mass is 263 g/mol. The molecule has 0 heterocycles. The minimum absolute atomic E-state index is 0. The van der Waals surface area contributed by atoms with E-state index in [1.165, 1.54) is 0 Å². The van der Waals surface area contributed by atoms with E-state index in [1.54, 1.807) is 6.92 Å². The average Bonchev–Trinajstić information content (AvgIpc) is 2.30. The lowest BCUT2D eigenvalue weighted by Crippen LogP contribution is -3.00. The van der Waals surface area contributed by atoms with E-state index in [4.69, 9.17) is 4.74 Å². The highest BCUT2D eigenvalue weighted by Crippen LogP contribution is 2.07. The van der Waals surface area contributed by atoms with Gasteiger partial charge in [0.25, 0.3) is 0 Å². The molecular formula is C13H26ClNO2. The Morgan fingerprint density at radius 3 is 2.00 bits per heavy atom. The highest BCUT2D eigenvalue weighted by molar-refractivity contribution is 5.86. The zero-order valence-corrected chi connectivity index (χ0v) is 12.3. The summed E-state index contributed by atoms with van der Waals surface area (Å²) in [4.78, 5) is 11.1. The third-order valence-electron chi connectivity index (χ3n) is 3.37. The molecule has 0 rings (SSSR count). The van der Waals surface area contributed by atoms with E-state index in [-0.39, 0.29) is 18.4 Å². The molecule has 0 saturated heterocycles. The lowest BCUT2D eigenvalue weighted by Gasteiger charge is -2.35. The van der Waals surface area contributed by atoms with Gasteiger partial charge in [0.2, 0.25) is 0 Å². The van der Waals surface area contributed by atoms with Crippen LogP contribution < -0.4 is 12.4 Å². The Kier molecular flexibility index (Phi) is 10.5. The fourth-order valence-corrected chi connectivity index (χ4v) is 1.83. The van der Waals surface area contributed by atoms with Gasteiger partial charge in [-0.2, -0.15) is 0 Å². The van der Waals surface area contributed by atoms with Gasteiger partial charge >= 0.3 is 5.97 Å². The van der Waals surface area contributed by atoms with Crippen LogP contribution in [0, 0.1) is 0 Å². The van der Waals surface area contributed by atoms with Crippen LogP contribution in [0.15, 0.2) is 12.2 Å². The smallest absolute Gasteiger partial charge is 0.333 e. The summed E-state index contributed by atoms with van der Waals surface area (Å²) in [6.45, 7) is 16.9. The Bertz CT molecular complexity index is 229. The Hall–Kier alpha value is -0.540. The van der Waals surface area contributed by atoms with Crippen LogP contribution in [-0.4, -0.2) is 43.2 Å². The summed E-state index contributed by atoms with van der Waals surface area (Å²) < 4.78 is 6.19. The largest absolute Gasteiger partial charge is 1.00 e. The van der Waals surface area contributed by atoms with Gasteiger partial charge in [-0.1, -0.05) is 6.58 Å². The number of quaternary nitrogens is 1. The molecule has 102 valence electrons. The molecule has 4 heteroatoms. The van der Waals surface area contributed by atoms with E-state index in [9.17, 15) is 4.79 Å². The molecule has 0 amide bonds. The van der Waals surface area contributed by atoms with Crippen molar-refractivity contribution in [2.24, 2.45) is 0 Å². The van der Waals surface area contributed by atoms with Gasteiger partial charge in [-0.05, 0) is 27.7 Å². The molecule has 17 heavy (non-hydrogen) atoms. The number of halogens is 1. The van der Waals surface area contributed by atoms with Crippen LogP contribution in [0.3, 0.4) is 0 Å². The van der Waals surface area contributed by atoms with E-state index in [1.807, 2.05) is 0 Å². The first-order chi connectivity index (χ1) is 7.51. The summed E-state index contributed by atoms with van der Waals surface area (Å²) in [7, 11) is 0. The van der Waals surface area contributed by atoms with Crippen molar-refractivity contribution in [2.45, 2.75) is 34.1 Å². The molecule has 0 unspecified atom stereocenters. The Balaban J connectivity index is 0. The summed E-state index contributed by atoms with van der Waals surface area (Å²) >= 11 is 0. The van der Waals surface area contributed by atoms with Crippen LogP contribution in [0.1, 0.15) is 34.1 Å². The van der Waals surface area contributed by atoms with Gasteiger partial charge in [0.1, 0.15) is 0 Å². The minimum atomic E-state index is -0.275. The molecule has 0 aliphatic carbocycles. The summed E-state index contributed by atoms with van der Waals surface area (Å²) in [5.41, 5.74) is 0.474. The Morgan fingerprint density at radius 2 is 1.65 bits per heavy atom. The molecular weight excluding hydrogens is 238 g/mol. The van der Waals surface area contributed by atoms with Gasteiger partial charge in [0, 0.05) is 12.0 Å². The number of esters is 1. The van der Waals surface area contributed by atoms with Gasteiger partial charge in [-0.25, -0.2) is 4.79 Å². The van der Waals surface area contributed by atoms with Crippen molar-refractivity contribution >= 4 is 5.97 Å². The summed E-state index contributed by atoms with van der Waals surface area (Å²) in [6, 6.07) is 0. The minimum Gasteiger partial charge on any atom is -1.00 e. The van der Waals surface area contributed by atoms with Crippen molar-refractivity contribution in [2.75, 3.05) is 32.8 Å². The first-order valence-corrected chi connectivity index (χ1v) is 6.19. The Morgan fingerprint density at radius 1 is 1.18 bits per heavy atom. The number of hydrogen-bond donors (Lipinski definition) is 0. The second-order valence-corrected chi connectivity index (χ2v) is 4.28. The summed E-state index contributed by atoms with van der Waals surface area (Å²) in [5, 5.41) is 0. The molecule has 0 spiro atoms. The van der Waals surface area contributed by atoms with Crippen molar-refractivity contribution in [1.29, 1.82) is 0 Å². The molecule has 3 nitrogen and oxygen atoms in total. The molecule has 0 bridgehead atoms. The van der Waals surface area contributed by atoms with Crippen molar-refractivity contribution in [1.82, 2.24) is 0 Å². The lowest BCUT2D eigenvalue weighted by molar-refractivity contribution is -0.923. The van der Waals surface area contributed by atoms with E-state index in [2.05, 4.69) is 27.4 Å². The highest BCUT2D eigenvalue weighted by atomic mass is 35.5. The number of rotatable bonds is 8. The molecule has 0 aliphatic rings. The predicted molar refractivity (Wildman–Crippen MR) is 67.1 cm³/mol. The second-order valence-electron chi connectivity index (χ2n) is 4.28. The first kappa shape index (κ1) is 18.8. The zero-order chi connectivity index (χ0) is 12.6. The molecule has 0 fully saturated rings. The molecule has 0 aromatic carbocycles. The molecule has 0 aromatic heterocycles. The number of carbonyl (C=O) groups excluding carboxylic acids is 1. The topological polar surface area (TPSA) is 26.3 Å². The fourth-order valence-electron chi connectivity index (χ4n) is 1.83. The van der Waals surface area contributed by atoms with E-state index in [0.717, 1.165) is 37.1 Å². The number of hydrogen-bond acceptors (Lipinski definition) is 2. The highest BCUT2D eigenvalue weighted by Gasteiger charge is 2.19. The van der Waals surface area contributed by atoms with Crippen LogP contribution >= 0.6 is 0 Å². The molecule has 0 atom stereocenters. The average molecular weight is 264 g/mol. The maximum atomic E-state index is 11.1. The van der Waals surface area contributed by atoms with Gasteiger partial charge in [0.05, 0.1) is 32.8 Å². The SMILES string of the molecule is C=C(C)C(=O)OCCC[N+](CC)(CC)CC.[Cl-]. The summed E-state index contributed by atoms with van der Waals surface area (Å²) in [6.07, 6.45) is 0.925. The third kappa shape index (κ3) is 6.69. The lowest BCUT2D eigenvalue weighted by atomic mass is 10.3. The number of ether oxygens (including phenoxy) is 1. The molecule has 0 aromatic rings. The van der Waals surface area contributed by atoms with Crippen LogP contribution in [0.5, 0.6) is 0 Å². The third-order valence-corrected chi connectivity index (χ3v) is 3.37. The number of carbonyl (C=O) groups is 1. The van der Waals surface area contributed by atoms with Crippen LogP contribution in [0.25, 0.3) is 0 Å². The quantitative estimate of drug-likeness (QED) is 0.253. The van der Waals surface area contributed by atoms with Crippen molar-refractivity contribution in [3.05, 3.63) is 12.2 Å². The van der Waals surface area contributed by atoms with Crippen LogP contribution in [0.4, 0.5) is 0 Å². The molecule has 0 radical (unpaired) electrons. The molecule has 0 saturated carbocycles. The second kappa shape index (κ2) is 9.49. The van der Waals surface area contributed by atoms with Gasteiger partial charge in [-0.3, -0.25) is 0 Å². The molecule has 0 aliphatic heterocycles. The van der Waals surface area contributed by atoms with Crippen molar-refractivity contribution < 1.29 is 26.4 Å². The van der Waals surface area contributed by atoms with Gasteiger partial charge in [-0.15, -0.1) is 0 Å². The normalized spacial score (nSPS) is 10.6.